The van der Waals surface area contributed by atoms with Gasteiger partial charge in [-0.3, -0.25) is 0 Å². The zero-order valence-electron chi connectivity index (χ0n) is 41.6. The van der Waals surface area contributed by atoms with Crippen molar-refractivity contribution in [2.45, 2.75) is 101 Å². The van der Waals surface area contributed by atoms with Crippen molar-refractivity contribution in [3.63, 3.8) is 0 Å². The van der Waals surface area contributed by atoms with Gasteiger partial charge in [-0.2, -0.15) is 0 Å². The van der Waals surface area contributed by atoms with E-state index in [0.717, 1.165) is 88.3 Å². The normalized spacial score (nSPS) is 24.1. The van der Waals surface area contributed by atoms with E-state index in [9.17, 15) is 4.79 Å². The topological polar surface area (TPSA) is 64.5 Å². The maximum absolute atomic E-state index is 11.6. The van der Waals surface area contributed by atoms with Crippen molar-refractivity contribution >= 4 is 28.1 Å². The van der Waals surface area contributed by atoms with E-state index >= 15 is 0 Å². The Balaban J connectivity index is 0.000000148. The van der Waals surface area contributed by atoms with E-state index in [0.29, 0.717) is 25.6 Å². The molecule has 13 rings (SSSR count). The first-order valence-electron chi connectivity index (χ1n) is 27.0. The molecular weight excluding hydrogens is 883 g/mol. The van der Waals surface area contributed by atoms with Gasteiger partial charge < -0.3 is 19.2 Å². The number of nitrogens with zero attached hydrogens (tertiary/aromatic N) is 3. The van der Waals surface area contributed by atoms with Gasteiger partial charge in [-0.15, -0.1) is 0 Å². The summed E-state index contributed by atoms with van der Waals surface area (Å²) in [5, 5.41) is 2.30. The van der Waals surface area contributed by atoms with Crippen LogP contribution in [0.3, 0.4) is 0 Å². The van der Waals surface area contributed by atoms with Crippen molar-refractivity contribution in [3.05, 3.63) is 215 Å². The Morgan fingerprint density at radius 3 is 1.50 bits per heavy atom. The Labute approximate surface area is 425 Å². The van der Waals surface area contributed by atoms with Crippen molar-refractivity contribution in [3.8, 4) is 11.5 Å². The Bertz CT molecular complexity index is 3170. The van der Waals surface area contributed by atoms with Crippen LogP contribution in [0, 0.1) is 23.7 Å². The van der Waals surface area contributed by atoms with Gasteiger partial charge in [0, 0.05) is 34.6 Å². The van der Waals surface area contributed by atoms with Crippen molar-refractivity contribution in [1.82, 2.24) is 14.9 Å². The van der Waals surface area contributed by atoms with Crippen LogP contribution in [0.4, 0.5) is 0 Å². The van der Waals surface area contributed by atoms with Gasteiger partial charge in [0.05, 0.1) is 22.4 Å². The second-order valence-corrected chi connectivity index (χ2v) is 21.7. The molecule has 364 valence electrons. The maximum atomic E-state index is 11.6. The van der Waals surface area contributed by atoms with Gasteiger partial charge in [-0.1, -0.05) is 134 Å². The second kappa shape index (κ2) is 20.5. The molecule has 4 saturated carbocycles. The highest BCUT2D eigenvalue weighted by Gasteiger charge is 2.54. The molecule has 8 aromatic rings. The lowest BCUT2D eigenvalue weighted by atomic mass is 9.63. The zero-order valence-corrected chi connectivity index (χ0v) is 41.6. The summed E-state index contributed by atoms with van der Waals surface area (Å²) in [7, 11) is 0. The number of carbonyl (C=O) groups is 1. The van der Waals surface area contributed by atoms with Crippen molar-refractivity contribution in [1.29, 1.82) is 0 Å². The van der Waals surface area contributed by atoms with E-state index in [-0.39, 0.29) is 10.8 Å². The average molecular weight is 950 g/mol. The summed E-state index contributed by atoms with van der Waals surface area (Å²) >= 11 is 0. The minimum Gasteiger partial charge on any atom is -0.487 e. The smallest absolute Gasteiger partial charge is 0.130 e. The van der Waals surface area contributed by atoms with Gasteiger partial charge in [-0.25, -0.2) is 9.97 Å². The van der Waals surface area contributed by atoms with Gasteiger partial charge in [0.25, 0.3) is 0 Å². The van der Waals surface area contributed by atoms with Crippen molar-refractivity contribution in [2.75, 3.05) is 19.6 Å². The number of aromatic nitrogens is 2. The molecular formula is C66H67N3O3. The molecule has 0 radical (unpaired) electrons. The minimum atomic E-state index is -0.0386. The molecule has 6 unspecified atom stereocenters. The Morgan fingerprint density at radius 1 is 0.528 bits per heavy atom. The number of fused-ring (bicyclic) bond motifs is 6. The number of ether oxygens (including phenoxy) is 2. The van der Waals surface area contributed by atoms with Gasteiger partial charge in [0.2, 0.25) is 0 Å². The zero-order chi connectivity index (χ0) is 48.3. The van der Waals surface area contributed by atoms with Gasteiger partial charge in [0.1, 0.15) is 31.0 Å². The van der Waals surface area contributed by atoms with E-state index < -0.39 is 0 Å². The van der Waals surface area contributed by atoms with Gasteiger partial charge in [-0.05, 0) is 176 Å². The first-order chi connectivity index (χ1) is 35.5. The molecule has 0 amide bonds. The number of hydrogen-bond donors (Lipinski definition) is 0. The van der Waals surface area contributed by atoms with Crippen LogP contribution in [0.2, 0.25) is 0 Å². The van der Waals surface area contributed by atoms with Crippen LogP contribution < -0.4 is 9.47 Å². The maximum Gasteiger partial charge on any atom is 0.130 e. The molecule has 6 nitrogen and oxygen atoms in total. The van der Waals surface area contributed by atoms with Gasteiger partial charge >= 0.3 is 0 Å². The first kappa shape index (κ1) is 46.4. The molecule has 72 heavy (non-hydrogen) atoms. The molecule has 4 aliphatic carbocycles. The predicted octanol–water partition coefficient (Wildman–Crippen LogP) is 14.2. The third kappa shape index (κ3) is 9.12. The summed E-state index contributed by atoms with van der Waals surface area (Å²) in [6.07, 6.45) is 15.7. The average Bonchev–Trinajstić information content (AvgIpc) is 4.33. The third-order valence-corrected chi connectivity index (χ3v) is 17.7. The van der Waals surface area contributed by atoms with E-state index in [2.05, 4.69) is 138 Å². The molecule has 0 N–H and O–H groups in total. The van der Waals surface area contributed by atoms with Crippen LogP contribution in [0.15, 0.2) is 170 Å². The number of hydrogen-bond acceptors (Lipinski definition) is 6. The van der Waals surface area contributed by atoms with Gasteiger partial charge in [0.15, 0.2) is 0 Å². The minimum absolute atomic E-state index is 0.0386. The number of rotatable bonds is 15. The fraction of sp³-hybridized carbons (Fsp3) is 0.348. The number of pyridine rings is 2. The summed E-state index contributed by atoms with van der Waals surface area (Å²) in [6.45, 7) is 4.57. The van der Waals surface area contributed by atoms with Crippen molar-refractivity contribution in [2.24, 2.45) is 23.7 Å². The number of carbonyl (C=O) groups excluding carboxylic acids is 1. The van der Waals surface area contributed by atoms with Crippen LogP contribution in [-0.4, -0.2) is 40.8 Å². The fourth-order valence-electron chi connectivity index (χ4n) is 14.4. The Kier molecular flexibility index (Phi) is 13.2. The molecule has 5 aliphatic rings. The molecule has 5 fully saturated rings. The van der Waals surface area contributed by atoms with E-state index in [1.807, 2.05) is 36.4 Å². The lowest BCUT2D eigenvalue weighted by molar-refractivity contribution is -0.107. The third-order valence-electron chi connectivity index (χ3n) is 17.7. The van der Waals surface area contributed by atoms with E-state index in [1.54, 1.807) is 0 Å². The van der Waals surface area contributed by atoms with Crippen LogP contribution in [0.5, 0.6) is 11.5 Å². The number of benzene rings is 6. The summed E-state index contributed by atoms with van der Waals surface area (Å²) in [5.41, 5.74) is 12.3. The molecule has 6 atom stereocenters. The fourth-order valence-corrected chi connectivity index (χ4v) is 14.4. The standard InChI is InChI=1S/C35H38N2O.C31H29NO2/c1-2-9-29(10-3-1)35(24-26-12-15-30(35)22-26)33-23-32(17-14-27(33)18-21-37-19-6-7-20-37)38-25-31-16-13-28-8-4-5-11-34(28)36-31;33-17-16-23-12-15-28(34-21-27-14-11-24-6-4-5-9-30(24)32-27)19-29(23)31(25-7-2-1-3-8-25)20-22-10-13-26(31)18-22/h1-5,8-11,13-14,16-17,23,26,30H,6-7,12,15,18-22,24-25H2;1-9,11-12,14-15,17,19,22,26H,10,13,16,18,20-21H2. The highest BCUT2D eigenvalue weighted by molar-refractivity contribution is 5.79. The molecule has 6 aromatic carbocycles. The van der Waals surface area contributed by atoms with Crippen LogP contribution in [-0.2, 0) is 41.7 Å². The summed E-state index contributed by atoms with van der Waals surface area (Å²) in [5.74, 6) is 4.76. The number of para-hydroxylation sites is 2. The molecule has 6 heteroatoms. The lowest BCUT2D eigenvalue weighted by Gasteiger charge is -2.41. The predicted molar refractivity (Wildman–Crippen MR) is 290 cm³/mol. The summed E-state index contributed by atoms with van der Waals surface area (Å²) < 4.78 is 12.7. The largest absolute Gasteiger partial charge is 0.487 e. The van der Waals surface area contributed by atoms with Crippen LogP contribution >= 0.6 is 0 Å². The molecule has 2 aromatic heterocycles. The monoisotopic (exact) mass is 950 g/mol. The highest BCUT2D eigenvalue weighted by atomic mass is 16.5. The second-order valence-electron chi connectivity index (χ2n) is 21.7. The summed E-state index contributed by atoms with van der Waals surface area (Å²) in [6, 6.07) is 60.5. The molecule has 1 saturated heterocycles. The molecule has 0 spiro atoms. The molecule has 1 aliphatic heterocycles. The Hall–Kier alpha value is -6.63. The molecule has 3 heterocycles. The van der Waals surface area contributed by atoms with Crippen LogP contribution in [0.25, 0.3) is 21.8 Å². The summed E-state index contributed by atoms with van der Waals surface area (Å²) in [4.78, 5) is 23.9. The lowest BCUT2D eigenvalue weighted by Crippen LogP contribution is -2.35. The van der Waals surface area contributed by atoms with Crippen molar-refractivity contribution < 1.29 is 14.3 Å². The van der Waals surface area contributed by atoms with E-state index in [4.69, 9.17) is 19.4 Å². The SMILES string of the molecule is O=CCc1ccc(OCc2ccc3ccccc3n2)cc1C1(c2ccccc2)CC2CCC1C2.c1ccc(C2(c3cc(OCc4ccc5ccccc5n4)ccc3CCN3CCCC3)CC3CCC2C3)cc1. The quantitative estimate of drug-likeness (QED) is 0.0954. The molecule has 4 bridgehead atoms. The first-order valence-corrected chi connectivity index (χ1v) is 27.0. The highest BCUT2D eigenvalue weighted by Crippen LogP contribution is 2.62. The number of aldehydes is 1. The van der Waals surface area contributed by atoms with E-state index in [1.165, 1.54) is 104 Å². The number of likely N-dealkylation sites (tertiary alicyclic amines) is 1. The Morgan fingerprint density at radius 2 is 1.01 bits per heavy atom. The van der Waals surface area contributed by atoms with Crippen LogP contribution in [0.1, 0.15) is 109 Å².